The van der Waals surface area contributed by atoms with Gasteiger partial charge in [0.2, 0.25) is 28.6 Å². The number of carbonyl (C=O) groups is 1. The molecule has 34 heavy (non-hydrogen) atoms. The Hall–Kier alpha value is -4.53. The Labute approximate surface area is 193 Å². The maximum Gasteiger partial charge on any atom is 0.228 e. The van der Waals surface area contributed by atoms with E-state index in [0.29, 0.717) is 41.8 Å². The van der Waals surface area contributed by atoms with Gasteiger partial charge in [-0.05, 0) is 19.1 Å². The molecule has 0 aliphatic rings. The van der Waals surface area contributed by atoms with Gasteiger partial charge in [-0.3, -0.25) is 14.6 Å². The van der Waals surface area contributed by atoms with Gasteiger partial charge in [0, 0.05) is 42.6 Å². The highest BCUT2D eigenvalue weighted by Crippen LogP contribution is 2.33. The third-order valence-electron chi connectivity index (χ3n) is 5.20. The van der Waals surface area contributed by atoms with Crippen molar-refractivity contribution in [1.82, 2.24) is 20.4 Å². The number of hydrogen-bond donors (Lipinski definition) is 1. The van der Waals surface area contributed by atoms with Crippen LogP contribution in [0, 0.1) is 6.92 Å². The number of pyridine rings is 1. The van der Waals surface area contributed by atoms with Crippen LogP contribution >= 0.6 is 0 Å². The molecule has 0 radical (unpaired) electrons. The molecule has 1 aromatic carbocycles. The van der Waals surface area contributed by atoms with E-state index in [1.54, 1.807) is 25.4 Å². The summed E-state index contributed by atoms with van der Waals surface area (Å²) in [4.78, 5) is 33.6. The number of furan rings is 1. The van der Waals surface area contributed by atoms with Crippen LogP contribution in [0.25, 0.3) is 33.9 Å². The first-order chi connectivity index (χ1) is 16.6. The monoisotopic (exact) mass is 456 g/mol. The lowest BCUT2D eigenvalue weighted by molar-refractivity contribution is -0.120. The second-order valence-electron chi connectivity index (χ2n) is 7.69. The average molecular weight is 456 g/mol. The Kier molecular flexibility index (Phi) is 5.73. The molecule has 9 heteroatoms. The van der Waals surface area contributed by atoms with Crippen LogP contribution in [0.3, 0.4) is 0 Å². The Morgan fingerprint density at radius 3 is 2.65 bits per heavy atom. The van der Waals surface area contributed by atoms with Crippen LogP contribution in [-0.4, -0.2) is 27.6 Å². The van der Waals surface area contributed by atoms with Gasteiger partial charge in [0.1, 0.15) is 11.5 Å². The van der Waals surface area contributed by atoms with Crippen molar-refractivity contribution in [2.45, 2.75) is 19.8 Å². The van der Waals surface area contributed by atoms with Crippen LogP contribution in [-0.2, 0) is 17.6 Å². The van der Waals surface area contributed by atoms with Crippen LogP contribution in [0.4, 0.5) is 0 Å². The van der Waals surface area contributed by atoms with Gasteiger partial charge in [0.15, 0.2) is 5.58 Å². The molecule has 0 spiro atoms. The topological polar surface area (TPSA) is 124 Å². The Morgan fingerprint density at radius 2 is 1.85 bits per heavy atom. The fraction of sp³-hybridized carbons (Fsp3) is 0.160. The summed E-state index contributed by atoms with van der Waals surface area (Å²) in [6.07, 6.45) is 3.66. The Bertz CT molecular complexity index is 1500. The van der Waals surface area contributed by atoms with Crippen molar-refractivity contribution in [3.63, 3.8) is 0 Å². The summed E-state index contributed by atoms with van der Waals surface area (Å²) < 4.78 is 16.9. The smallest absolute Gasteiger partial charge is 0.228 e. The quantitative estimate of drug-likeness (QED) is 0.393. The van der Waals surface area contributed by atoms with Gasteiger partial charge in [-0.2, -0.15) is 4.98 Å². The number of rotatable bonds is 7. The van der Waals surface area contributed by atoms with E-state index in [-0.39, 0.29) is 28.9 Å². The molecule has 1 amide bonds. The highest BCUT2D eigenvalue weighted by atomic mass is 16.5. The molecule has 0 aliphatic carbocycles. The molecule has 1 N–H and O–H groups in total. The number of hydrogen-bond acceptors (Lipinski definition) is 8. The van der Waals surface area contributed by atoms with Crippen molar-refractivity contribution in [1.29, 1.82) is 0 Å². The number of nitrogens with one attached hydrogen (secondary N) is 1. The number of aromatic nitrogens is 3. The molecule has 0 fully saturated rings. The third-order valence-corrected chi connectivity index (χ3v) is 5.20. The molecule has 4 heterocycles. The summed E-state index contributed by atoms with van der Waals surface area (Å²) in [5.74, 6) is 1.48. The number of nitrogens with zero attached hydrogens (tertiary/aromatic N) is 3. The molecule has 9 nitrogen and oxygen atoms in total. The molecular formula is C25H20N4O5. The summed E-state index contributed by atoms with van der Waals surface area (Å²) >= 11 is 0. The van der Waals surface area contributed by atoms with Gasteiger partial charge in [0.05, 0.1) is 12.0 Å². The summed E-state index contributed by atoms with van der Waals surface area (Å²) in [6, 6.07) is 14.3. The second kappa shape index (κ2) is 9.14. The molecule has 0 aliphatic heterocycles. The number of fused-ring (bicyclic) bond motifs is 1. The molecule has 0 bridgehead atoms. The molecule has 4 aromatic heterocycles. The molecule has 5 aromatic rings. The van der Waals surface area contributed by atoms with Crippen molar-refractivity contribution in [3.8, 4) is 22.7 Å². The SMILES string of the molecule is Cc1cc(=O)c2oc(-c3ccccc3)c(CC(=O)NCCc3nc(-c4cccnc4)no3)c2o1. The van der Waals surface area contributed by atoms with Crippen LogP contribution in [0.5, 0.6) is 0 Å². The molecule has 5 rings (SSSR count). The van der Waals surface area contributed by atoms with Gasteiger partial charge in [-0.1, -0.05) is 35.5 Å². The lowest BCUT2D eigenvalue weighted by Gasteiger charge is -2.05. The highest BCUT2D eigenvalue weighted by Gasteiger charge is 2.22. The number of aryl methyl sites for hydroxylation is 1. The number of amides is 1. The third kappa shape index (κ3) is 4.36. The molecule has 170 valence electrons. The van der Waals surface area contributed by atoms with Crippen molar-refractivity contribution in [3.05, 3.63) is 88.4 Å². The zero-order chi connectivity index (χ0) is 23.5. The van der Waals surface area contributed by atoms with Crippen LogP contribution in [0.15, 0.2) is 79.1 Å². The summed E-state index contributed by atoms with van der Waals surface area (Å²) in [7, 11) is 0. The van der Waals surface area contributed by atoms with E-state index in [9.17, 15) is 9.59 Å². The van der Waals surface area contributed by atoms with E-state index in [0.717, 1.165) is 11.1 Å². The van der Waals surface area contributed by atoms with Gasteiger partial charge >= 0.3 is 0 Å². The van der Waals surface area contributed by atoms with Gasteiger partial charge in [0.25, 0.3) is 0 Å². The lowest BCUT2D eigenvalue weighted by Crippen LogP contribution is -2.27. The minimum Gasteiger partial charge on any atom is -0.457 e. The largest absolute Gasteiger partial charge is 0.457 e. The second-order valence-corrected chi connectivity index (χ2v) is 7.69. The fourth-order valence-corrected chi connectivity index (χ4v) is 3.64. The highest BCUT2D eigenvalue weighted by molar-refractivity contribution is 5.89. The Balaban J connectivity index is 1.32. The van der Waals surface area contributed by atoms with E-state index in [4.69, 9.17) is 13.4 Å². The Morgan fingerprint density at radius 1 is 1.03 bits per heavy atom. The van der Waals surface area contributed by atoms with E-state index < -0.39 is 0 Å². The van der Waals surface area contributed by atoms with Crippen LogP contribution in [0.2, 0.25) is 0 Å². The lowest BCUT2D eigenvalue weighted by atomic mass is 10.1. The molecule has 0 saturated carbocycles. The minimum absolute atomic E-state index is 0.0195. The van der Waals surface area contributed by atoms with Gasteiger partial charge < -0.3 is 18.7 Å². The number of carbonyl (C=O) groups excluding carboxylic acids is 1. The zero-order valence-electron chi connectivity index (χ0n) is 18.3. The standard InChI is InChI=1S/C25H20N4O5/c1-15-12-19(30)24-23(32-15)18(22(33-24)16-6-3-2-4-7-16)13-20(31)27-11-9-21-28-25(29-34-21)17-8-5-10-26-14-17/h2-8,10,12,14H,9,11,13H2,1H3,(H,27,31). The van der Waals surface area contributed by atoms with E-state index in [1.165, 1.54) is 6.07 Å². The van der Waals surface area contributed by atoms with Gasteiger partial charge in [-0.25, -0.2) is 0 Å². The van der Waals surface area contributed by atoms with E-state index >= 15 is 0 Å². The molecule has 0 saturated heterocycles. The van der Waals surface area contributed by atoms with Crippen LogP contribution < -0.4 is 10.7 Å². The fourth-order valence-electron chi connectivity index (χ4n) is 3.64. The predicted octanol–water partition coefficient (Wildman–Crippen LogP) is 3.71. The van der Waals surface area contributed by atoms with Crippen molar-refractivity contribution in [2.24, 2.45) is 0 Å². The summed E-state index contributed by atoms with van der Waals surface area (Å²) in [5, 5.41) is 6.80. The normalized spacial score (nSPS) is 11.1. The maximum absolute atomic E-state index is 12.8. The maximum atomic E-state index is 12.8. The molecule has 0 unspecified atom stereocenters. The summed E-state index contributed by atoms with van der Waals surface area (Å²) in [6.45, 7) is 1.98. The first-order valence-electron chi connectivity index (χ1n) is 10.7. The van der Waals surface area contributed by atoms with E-state index in [1.807, 2.05) is 36.4 Å². The van der Waals surface area contributed by atoms with Crippen molar-refractivity contribution in [2.75, 3.05) is 6.54 Å². The van der Waals surface area contributed by atoms with Crippen molar-refractivity contribution >= 4 is 17.1 Å². The first kappa shape index (κ1) is 21.3. The summed E-state index contributed by atoms with van der Waals surface area (Å²) in [5.41, 5.74) is 2.12. The van der Waals surface area contributed by atoms with Gasteiger partial charge in [-0.15, -0.1) is 0 Å². The minimum atomic E-state index is -0.289. The van der Waals surface area contributed by atoms with E-state index in [2.05, 4.69) is 20.4 Å². The average Bonchev–Trinajstić information content (AvgIpc) is 3.46. The number of benzene rings is 1. The zero-order valence-corrected chi connectivity index (χ0v) is 18.3. The molecular weight excluding hydrogens is 436 g/mol. The van der Waals surface area contributed by atoms with Crippen LogP contribution in [0.1, 0.15) is 17.2 Å². The van der Waals surface area contributed by atoms with Crippen molar-refractivity contribution < 1.29 is 18.2 Å². The molecule has 0 atom stereocenters. The first-order valence-corrected chi connectivity index (χ1v) is 10.7. The predicted molar refractivity (Wildman–Crippen MR) is 123 cm³/mol.